The van der Waals surface area contributed by atoms with E-state index in [9.17, 15) is 19.2 Å². The molecule has 0 radical (unpaired) electrons. The number of nitrogens with zero attached hydrogens (tertiary/aromatic N) is 1. The fourth-order valence-electron chi connectivity index (χ4n) is 3.39. The largest absolute Gasteiger partial charge is 0.355 e. The molecule has 2 fully saturated rings. The van der Waals surface area contributed by atoms with E-state index in [0.717, 1.165) is 19.3 Å². The predicted molar refractivity (Wildman–Crippen MR) is 148 cm³/mol. The summed E-state index contributed by atoms with van der Waals surface area (Å²) in [6, 6.07) is 0.135. The van der Waals surface area contributed by atoms with Crippen LogP contribution in [0.25, 0.3) is 0 Å². The average Bonchev–Trinajstić information content (AvgIpc) is 3.63. The summed E-state index contributed by atoms with van der Waals surface area (Å²) in [5.41, 5.74) is 1.45. The van der Waals surface area contributed by atoms with Gasteiger partial charge in [-0.1, -0.05) is 66.5 Å². The lowest BCUT2D eigenvalue weighted by Gasteiger charge is -2.19. The second-order valence-corrected chi connectivity index (χ2v) is 8.95. The molecule has 3 N–H and O–H groups in total. The third-order valence-corrected chi connectivity index (χ3v) is 5.47. The summed E-state index contributed by atoms with van der Waals surface area (Å²) in [5, 5.41) is 8.49. The molecule has 1 aliphatic heterocycles. The summed E-state index contributed by atoms with van der Waals surface area (Å²) in [6.07, 6.45) is 7.81. The molecule has 2 atom stereocenters. The van der Waals surface area contributed by atoms with Gasteiger partial charge in [0.2, 0.25) is 23.6 Å². The number of hydrogen-bond donors (Lipinski definition) is 3. The molecule has 2 aliphatic rings. The summed E-state index contributed by atoms with van der Waals surface area (Å²) in [5.74, 6) is 0.264. The first-order valence-electron chi connectivity index (χ1n) is 13.9. The molecule has 1 heterocycles. The number of nitrogens with one attached hydrogen (secondary N) is 3. The minimum Gasteiger partial charge on any atom is -0.355 e. The molecule has 2 unspecified atom stereocenters. The Morgan fingerprint density at radius 2 is 1.64 bits per heavy atom. The van der Waals surface area contributed by atoms with Crippen molar-refractivity contribution in [3.8, 4) is 0 Å². The summed E-state index contributed by atoms with van der Waals surface area (Å²) in [4.78, 5) is 47.4. The highest BCUT2D eigenvalue weighted by atomic mass is 16.2. The van der Waals surface area contributed by atoms with Gasteiger partial charge in [0, 0.05) is 37.9 Å². The lowest BCUT2D eigenvalue weighted by atomic mass is 10.0. The number of hydrogen-bond acceptors (Lipinski definition) is 5. The number of carbonyl (C=O) groups is 4. The van der Waals surface area contributed by atoms with E-state index in [0.29, 0.717) is 38.4 Å². The van der Waals surface area contributed by atoms with Crippen molar-refractivity contribution in [2.24, 2.45) is 11.8 Å². The first-order chi connectivity index (χ1) is 17.2. The van der Waals surface area contributed by atoms with Gasteiger partial charge in [0.15, 0.2) is 0 Å². The fraction of sp³-hybridized carbons (Fsp3) is 0.786. The minimum absolute atomic E-state index is 0.0503. The van der Waals surface area contributed by atoms with Crippen molar-refractivity contribution in [1.82, 2.24) is 20.9 Å². The van der Waals surface area contributed by atoms with E-state index in [1.54, 1.807) is 14.0 Å². The van der Waals surface area contributed by atoms with Gasteiger partial charge in [-0.25, -0.2) is 0 Å². The SMILES string of the molecule is CC.CC.CC1CC(=O)N(CCCCCC(=O)NC(C=C2CC2)C(C)C)C1=O.CCNC(=O)CNC. The summed E-state index contributed by atoms with van der Waals surface area (Å²) in [7, 11) is 1.75. The zero-order chi connectivity index (χ0) is 28.1. The Morgan fingerprint density at radius 1 is 1.03 bits per heavy atom. The van der Waals surface area contributed by atoms with Gasteiger partial charge >= 0.3 is 0 Å². The molecule has 0 aromatic heterocycles. The maximum absolute atomic E-state index is 12.1. The fourth-order valence-corrected chi connectivity index (χ4v) is 3.39. The molecule has 0 spiro atoms. The van der Waals surface area contributed by atoms with Crippen LogP contribution in [-0.4, -0.2) is 61.3 Å². The van der Waals surface area contributed by atoms with Gasteiger partial charge in [-0.2, -0.15) is 0 Å². The van der Waals surface area contributed by atoms with Gasteiger partial charge < -0.3 is 16.0 Å². The van der Waals surface area contributed by atoms with Crippen LogP contribution in [-0.2, 0) is 19.2 Å². The number of imide groups is 1. The van der Waals surface area contributed by atoms with Crippen LogP contribution in [0.3, 0.4) is 0 Å². The summed E-state index contributed by atoms with van der Waals surface area (Å²) < 4.78 is 0. The van der Waals surface area contributed by atoms with Gasteiger partial charge in [0.1, 0.15) is 0 Å². The van der Waals surface area contributed by atoms with Crippen molar-refractivity contribution >= 4 is 23.6 Å². The Labute approximate surface area is 220 Å². The standard InChI is InChI=1S/C19H30N2O3.C5H12N2O.2C2H6/c1-13(2)16(12-15-8-9-15)20-17(22)7-5-4-6-10-21-18(23)11-14(3)19(21)24;1-3-7-5(8)4-6-2;2*1-2/h12-14,16H,4-11H2,1-3H3,(H,20,22);6H,3-4H2,1-2H3,(H,7,8);2*1-2H3. The van der Waals surface area contributed by atoms with E-state index in [-0.39, 0.29) is 35.6 Å². The lowest BCUT2D eigenvalue weighted by Crippen LogP contribution is -2.37. The molecule has 2 rings (SSSR count). The first kappa shape index (κ1) is 35.9. The van der Waals surface area contributed by atoms with Crippen molar-refractivity contribution in [3.05, 3.63) is 11.6 Å². The number of amides is 4. The van der Waals surface area contributed by atoms with E-state index in [4.69, 9.17) is 0 Å². The van der Waals surface area contributed by atoms with E-state index < -0.39 is 0 Å². The normalized spacial score (nSPS) is 16.6. The third-order valence-electron chi connectivity index (χ3n) is 5.47. The number of rotatable bonds is 12. The lowest BCUT2D eigenvalue weighted by molar-refractivity contribution is -0.139. The Bertz CT molecular complexity index is 662. The molecule has 1 saturated carbocycles. The monoisotopic (exact) mass is 510 g/mol. The van der Waals surface area contributed by atoms with Crippen molar-refractivity contribution in [2.45, 2.75) is 106 Å². The molecule has 210 valence electrons. The van der Waals surface area contributed by atoms with Crippen LogP contribution >= 0.6 is 0 Å². The van der Waals surface area contributed by atoms with Gasteiger partial charge in [0.05, 0.1) is 6.54 Å². The maximum Gasteiger partial charge on any atom is 0.233 e. The Hall–Kier alpha value is -2.22. The van der Waals surface area contributed by atoms with Gasteiger partial charge in [-0.15, -0.1) is 0 Å². The van der Waals surface area contributed by atoms with E-state index in [1.807, 2.05) is 34.6 Å². The van der Waals surface area contributed by atoms with Crippen LogP contribution in [0.2, 0.25) is 0 Å². The molecule has 1 aliphatic carbocycles. The quantitative estimate of drug-likeness (QED) is 0.207. The molecule has 8 heteroatoms. The number of unbranched alkanes of at least 4 members (excludes halogenated alkanes) is 2. The van der Waals surface area contributed by atoms with Crippen LogP contribution in [0.15, 0.2) is 11.6 Å². The molecule has 0 bridgehead atoms. The molecule has 0 aromatic rings. The molecule has 4 amide bonds. The topological polar surface area (TPSA) is 108 Å². The smallest absolute Gasteiger partial charge is 0.233 e. The molecular weight excluding hydrogens is 456 g/mol. The summed E-state index contributed by atoms with van der Waals surface area (Å²) in [6.45, 7) is 17.5. The van der Waals surface area contributed by atoms with Crippen LogP contribution in [0.1, 0.15) is 100 Å². The second-order valence-electron chi connectivity index (χ2n) is 8.95. The van der Waals surface area contributed by atoms with Crippen LogP contribution in [0, 0.1) is 11.8 Å². The van der Waals surface area contributed by atoms with Gasteiger partial charge in [-0.05, 0) is 45.6 Å². The number of allylic oxidation sites excluding steroid dienone is 1. The zero-order valence-electron chi connectivity index (χ0n) is 24.5. The third kappa shape index (κ3) is 16.5. The van der Waals surface area contributed by atoms with E-state index in [2.05, 4.69) is 35.9 Å². The van der Waals surface area contributed by atoms with Crippen molar-refractivity contribution in [1.29, 1.82) is 0 Å². The minimum atomic E-state index is -0.170. The van der Waals surface area contributed by atoms with Crippen LogP contribution < -0.4 is 16.0 Å². The number of likely N-dealkylation sites (tertiary alicyclic amines) is 1. The highest BCUT2D eigenvalue weighted by Crippen LogP contribution is 2.29. The first-order valence-corrected chi connectivity index (χ1v) is 13.9. The highest BCUT2D eigenvalue weighted by molar-refractivity contribution is 6.03. The Kier molecular flexibility index (Phi) is 22.0. The van der Waals surface area contributed by atoms with Gasteiger partial charge in [-0.3, -0.25) is 24.1 Å². The van der Waals surface area contributed by atoms with Crippen LogP contribution in [0.5, 0.6) is 0 Å². The number of carbonyl (C=O) groups excluding carboxylic acids is 4. The molecule has 1 saturated heterocycles. The van der Waals surface area contributed by atoms with Gasteiger partial charge in [0.25, 0.3) is 0 Å². The molecule has 36 heavy (non-hydrogen) atoms. The van der Waals surface area contributed by atoms with Crippen LogP contribution in [0.4, 0.5) is 0 Å². The predicted octanol–water partition coefficient (Wildman–Crippen LogP) is 4.20. The van der Waals surface area contributed by atoms with Crippen molar-refractivity contribution in [2.75, 3.05) is 26.7 Å². The van der Waals surface area contributed by atoms with Crippen molar-refractivity contribution in [3.63, 3.8) is 0 Å². The number of likely N-dealkylation sites (N-methyl/N-ethyl adjacent to an activating group) is 2. The molecular formula is C28H54N4O4. The maximum atomic E-state index is 12.1. The molecule has 8 nitrogen and oxygen atoms in total. The molecule has 0 aromatic carbocycles. The highest BCUT2D eigenvalue weighted by Gasteiger charge is 2.34. The zero-order valence-corrected chi connectivity index (χ0v) is 24.5. The Balaban J connectivity index is 0. The van der Waals surface area contributed by atoms with E-state index >= 15 is 0 Å². The van der Waals surface area contributed by atoms with E-state index in [1.165, 1.54) is 23.3 Å². The summed E-state index contributed by atoms with van der Waals surface area (Å²) >= 11 is 0. The second kappa shape index (κ2) is 22.0. The average molecular weight is 511 g/mol. The van der Waals surface area contributed by atoms with Crippen molar-refractivity contribution < 1.29 is 19.2 Å². The Morgan fingerprint density at radius 3 is 2.08 bits per heavy atom.